The summed E-state index contributed by atoms with van der Waals surface area (Å²) in [6.07, 6.45) is 81.0. The van der Waals surface area contributed by atoms with E-state index in [-0.39, 0.29) is 31.5 Å². The molecule has 0 bridgehead atoms. The molecule has 0 heterocycles. The third-order valence-corrected chi connectivity index (χ3v) is 17.4. The standard InChI is InChI=1S/C74H141N2O7P/c1-7-10-13-16-19-22-25-28-30-32-34-35-36-37-38-39-40-41-43-44-46-48-51-54-57-60-63-66-73(77)75-71(70-82-84(79,80)81-69-68-76(4,5)6)72(65-62-59-56-53-50-27-24-21-18-15-12-9-3)83-74(78)67-64-61-58-55-52-49-47-45-42-33-31-29-26-23-20-17-14-11-8-2/h20,23,28-31,62,65,71-72H,7-19,21-22,24-27,32-61,63-64,66-70H2,1-6H3,(H-,75,77,79,80)/b23-20-,30-28+,31-29-,65-62-. The Bertz CT molecular complexity index is 1570. The van der Waals surface area contributed by atoms with Gasteiger partial charge in [0.25, 0.3) is 7.82 Å². The molecule has 3 atom stereocenters. The molecule has 0 spiro atoms. The van der Waals surface area contributed by atoms with Crippen LogP contribution in [0.3, 0.4) is 0 Å². The van der Waals surface area contributed by atoms with E-state index in [1.165, 1.54) is 263 Å². The van der Waals surface area contributed by atoms with Gasteiger partial charge in [0.15, 0.2) is 0 Å². The summed E-state index contributed by atoms with van der Waals surface area (Å²) >= 11 is 0. The van der Waals surface area contributed by atoms with Crippen molar-refractivity contribution in [3.8, 4) is 0 Å². The maximum Gasteiger partial charge on any atom is 0.306 e. The molecular weight excluding hydrogens is 1060 g/mol. The molecule has 84 heavy (non-hydrogen) atoms. The Kier molecular flexibility index (Phi) is 62.4. The topological polar surface area (TPSA) is 114 Å². The number of nitrogens with one attached hydrogen (secondary N) is 1. The molecule has 9 nitrogen and oxygen atoms in total. The maximum absolute atomic E-state index is 13.6. The summed E-state index contributed by atoms with van der Waals surface area (Å²) in [5.74, 6) is -0.529. The zero-order valence-electron chi connectivity index (χ0n) is 56.6. The first-order chi connectivity index (χ1) is 40.9. The molecule has 0 aromatic carbocycles. The average Bonchev–Trinajstić information content (AvgIpc) is 3.65. The minimum absolute atomic E-state index is 0.0214. The minimum atomic E-state index is -4.70. The van der Waals surface area contributed by atoms with Crippen molar-refractivity contribution in [2.75, 3.05) is 40.9 Å². The van der Waals surface area contributed by atoms with E-state index < -0.39 is 20.0 Å². The number of hydrogen-bond donors (Lipinski definition) is 1. The molecule has 0 saturated carbocycles. The van der Waals surface area contributed by atoms with E-state index in [1.54, 1.807) is 0 Å². The van der Waals surface area contributed by atoms with Gasteiger partial charge in [-0.15, -0.1) is 0 Å². The molecule has 0 rings (SSSR count). The normalized spacial score (nSPS) is 13.8. The summed E-state index contributed by atoms with van der Waals surface area (Å²) in [7, 11) is 1.20. The van der Waals surface area contributed by atoms with Crippen LogP contribution in [0.25, 0.3) is 0 Å². The van der Waals surface area contributed by atoms with E-state index in [1.807, 2.05) is 33.3 Å². The van der Waals surface area contributed by atoms with Crippen molar-refractivity contribution in [3.63, 3.8) is 0 Å². The van der Waals surface area contributed by atoms with Crippen LogP contribution in [-0.2, 0) is 27.9 Å². The summed E-state index contributed by atoms with van der Waals surface area (Å²) < 4.78 is 30.5. The maximum atomic E-state index is 13.6. The minimum Gasteiger partial charge on any atom is -0.756 e. The number of quaternary nitrogens is 1. The fourth-order valence-electron chi connectivity index (χ4n) is 10.8. The van der Waals surface area contributed by atoms with Crippen LogP contribution in [0.1, 0.15) is 361 Å². The SMILES string of the molecule is CCCCC/C=C\C/C=C\CCCCCCCCCCCC(=O)OC(/C=C\CCCCCCCCCCCC)C(COP(=O)([O-])OCC[N+](C)(C)C)NC(=O)CCCCCCCCCCCCCCCCCCC/C=C/CCCCCCCC. The molecule has 0 saturated heterocycles. The largest absolute Gasteiger partial charge is 0.756 e. The lowest BCUT2D eigenvalue weighted by Crippen LogP contribution is -2.47. The Morgan fingerprint density at radius 1 is 0.417 bits per heavy atom. The molecule has 1 N–H and O–H groups in total. The van der Waals surface area contributed by atoms with Crippen molar-refractivity contribution in [1.82, 2.24) is 5.32 Å². The van der Waals surface area contributed by atoms with Gasteiger partial charge in [0.1, 0.15) is 19.3 Å². The molecule has 3 unspecified atom stereocenters. The number of likely N-dealkylation sites (N-methyl/N-ethyl adjacent to an activating group) is 1. The highest BCUT2D eigenvalue weighted by molar-refractivity contribution is 7.45. The van der Waals surface area contributed by atoms with Gasteiger partial charge in [0.05, 0.1) is 33.8 Å². The van der Waals surface area contributed by atoms with Crippen LogP contribution in [0.5, 0.6) is 0 Å². The van der Waals surface area contributed by atoms with Crippen molar-refractivity contribution in [3.05, 3.63) is 48.6 Å². The summed E-state index contributed by atoms with van der Waals surface area (Å²) in [5, 5.41) is 3.05. The Hall–Kier alpha value is -2.03. The van der Waals surface area contributed by atoms with Crippen LogP contribution >= 0.6 is 7.82 Å². The lowest BCUT2D eigenvalue weighted by molar-refractivity contribution is -0.870. The third kappa shape index (κ3) is 64.4. The van der Waals surface area contributed by atoms with Gasteiger partial charge in [-0.25, -0.2) is 0 Å². The number of nitrogens with zero attached hydrogens (tertiary/aromatic N) is 1. The summed E-state index contributed by atoms with van der Waals surface area (Å²) in [6, 6.07) is -0.889. The Morgan fingerprint density at radius 3 is 1.11 bits per heavy atom. The summed E-state index contributed by atoms with van der Waals surface area (Å²) in [6.45, 7) is 6.86. The molecule has 10 heteroatoms. The van der Waals surface area contributed by atoms with Gasteiger partial charge in [0, 0.05) is 12.8 Å². The number of allylic oxidation sites excluding steroid dienone is 7. The summed E-state index contributed by atoms with van der Waals surface area (Å²) in [5.41, 5.74) is 0. The Balaban J connectivity index is 4.98. The summed E-state index contributed by atoms with van der Waals surface area (Å²) in [4.78, 5) is 40.2. The van der Waals surface area contributed by atoms with Gasteiger partial charge in [-0.05, 0) is 89.5 Å². The highest BCUT2D eigenvalue weighted by atomic mass is 31.2. The van der Waals surface area contributed by atoms with Crippen molar-refractivity contribution < 1.29 is 37.3 Å². The molecule has 0 radical (unpaired) electrons. The molecule has 494 valence electrons. The number of rotatable bonds is 67. The zero-order valence-corrected chi connectivity index (χ0v) is 57.5. The van der Waals surface area contributed by atoms with Crippen LogP contribution in [0.4, 0.5) is 0 Å². The van der Waals surface area contributed by atoms with Crippen molar-refractivity contribution in [1.29, 1.82) is 0 Å². The highest BCUT2D eigenvalue weighted by Crippen LogP contribution is 2.38. The first kappa shape index (κ1) is 82.0. The van der Waals surface area contributed by atoms with Gasteiger partial charge in [-0.2, -0.15) is 0 Å². The quantitative estimate of drug-likeness (QED) is 0.0212. The molecule has 0 aliphatic heterocycles. The van der Waals surface area contributed by atoms with Crippen molar-refractivity contribution in [2.45, 2.75) is 373 Å². The number of esters is 1. The van der Waals surface area contributed by atoms with E-state index in [9.17, 15) is 19.0 Å². The number of phosphoric acid groups is 1. The third-order valence-electron chi connectivity index (χ3n) is 16.5. The van der Waals surface area contributed by atoms with Crippen LogP contribution in [0.2, 0.25) is 0 Å². The second-order valence-corrected chi connectivity index (χ2v) is 27.5. The molecular formula is C74H141N2O7P. The van der Waals surface area contributed by atoms with E-state index >= 15 is 0 Å². The van der Waals surface area contributed by atoms with E-state index in [0.29, 0.717) is 17.4 Å². The van der Waals surface area contributed by atoms with Crippen LogP contribution in [-0.4, -0.2) is 69.4 Å². The molecule has 0 aliphatic rings. The molecule has 0 aromatic rings. The predicted octanol–water partition coefficient (Wildman–Crippen LogP) is 22.6. The predicted molar refractivity (Wildman–Crippen MR) is 363 cm³/mol. The van der Waals surface area contributed by atoms with Crippen LogP contribution in [0.15, 0.2) is 48.6 Å². The fourth-order valence-corrected chi connectivity index (χ4v) is 11.6. The monoisotopic (exact) mass is 1200 g/mol. The highest BCUT2D eigenvalue weighted by Gasteiger charge is 2.27. The zero-order chi connectivity index (χ0) is 61.4. The van der Waals surface area contributed by atoms with Crippen LogP contribution in [0, 0.1) is 0 Å². The van der Waals surface area contributed by atoms with Gasteiger partial charge in [-0.1, -0.05) is 307 Å². The lowest BCUT2D eigenvalue weighted by Gasteiger charge is -2.30. The van der Waals surface area contributed by atoms with Crippen molar-refractivity contribution >= 4 is 19.7 Å². The Labute approximate surface area is 522 Å². The number of ether oxygens (including phenoxy) is 1. The number of phosphoric ester groups is 1. The smallest absolute Gasteiger partial charge is 0.306 e. The van der Waals surface area contributed by atoms with E-state index in [2.05, 4.69) is 62.5 Å². The Morgan fingerprint density at radius 2 is 0.726 bits per heavy atom. The van der Waals surface area contributed by atoms with Gasteiger partial charge >= 0.3 is 5.97 Å². The average molecular weight is 1200 g/mol. The molecule has 1 amide bonds. The lowest BCUT2D eigenvalue weighted by atomic mass is 10.0. The number of carbonyl (C=O) groups excluding carboxylic acids is 2. The van der Waals surface area contributed by atoms with Gasteiger partial charge in [0.2, 0.25) is 5.91 Å². The van der Waals surface area contributed by atoms with Gasteiger partial charge in [-0.3, -0.25) is 14.2 Å². The number of hydrogen-bond acceptors (Lipinski definition) is 7. The number of carbonyl (C=O) groups is 2. The second kappa shape index (κ2) is 64.0. The van der Waals surface area contributed by atoms with Crippen LogP contribution < -0.4 is 10.2 Å². The first-order valence-electron chi connectivity index (χ1n) is 36.4. The van der Waals surface area contributed by atoms with Gasteiger partial charge < -0.3 is 28.5 Å². The first-order valence-corrected chi connectivity index (χ1v) is 37.9. The fraction of sp³-hybridized carbons (Fsp3) is 0.865. The molecule has 0 fully saturated rings. The second-order valence-electron chi connectivity index (χ2n) is 26.1. The van der Waals surface area contributed by atoms with E-state index in [4.69, 9.17) is 13.8 Å². The molecule has 0 aliphatic carbocycles. The van der Waals surface area contributed by atoms with E-state index in [0.717, 1.165) is 64.2 Å². The van der Waals surface area contributed by atoms with Crippen molar-refractivity contribution in [2.24, 2.45) is 0 Å². The number of amides is 1. The molecule has 0 aromatic heterocycles. The number of unbranched alkanes of at least 4 members (excludes halogenated alkanes) is 45.